The van der Waals surface area contributed by atoms with Crippen molar-refractivity contribution in [3.05, 3.63) is 34.5 Å². The van der Waals surface area contributed by atoms with E-state index in [0.717, 1.165) is 18.9 Å². The Morgan fingerprint density at radius 3 is 3.16 bits per heavy atom. The lowest BCUT2D eigenvalue weighted by molar-refractivity contribution is 0.167. The summed E-state index contributed by atoms with van der Waals surface area (Å²) < 4.78 is 1.88. The Labute approximate surface area is 118 Å². The van der Waals surface area contributed by atoms with E-state index in [-0.39, 0.29) is 0 Å². The van der Waals surface area contributed by atoms with Gasteiger partial charge in [-0.05, 0) is 25.3 Å². The van der Waals surface area contributed by atoms with Crippen molar-refractivity contribution < 1.29 is 0 Å². The summed E-state index contributed by atoms with van der Waals surface area (Å²) in [4.78, 5) is 6.96. The first-order valence-corrected chi connectivity index (χ1v) is 7.76. The highest BCUT2D eigenvalue weighted by molar-refractivity contribution is 7.09. The van der Waals surface area contributed by atoms with E-state index in [4.69, 9.17) is 0 Å². The first kappa shape index (κ1) is 12.8. The number of thiazole rings is 1. The van der Waals surface area contributed by atoms with Crippen LogP contribution in [0.25, 0.3) is 0 Å². The quantitative estimate of drug-likeness (QED) is 0.859. The minimum atomic E-state index is 0.761. The minimum absolute atomic E-state index is 0.761. The van der Waals surface area contributed by atoms with Crippen molar-refractivity contribution in [1.29, 1.82) is 0 Å². The summed E-state index contributed by atoms with van der Waals surface area (Å²) in [5, 5.41) is 7.60. The smallest absolute Gasteiger partial charge is 0.0928 e. The molecule has 0 N–H and O–H groups in total. The van der Waals surface area contributed by atoms with Gasteiger partial charge < -0.3 is 0 Å². The standard InChI is InChI=1S/C14H20N4S/c1-17-9-13(8-16-17)11-18-5-2-3-12(10-18)7-14-15-4-6-19-14/h4,6,8-9,12H,2-3,5,7,10-11H2,1H3/t12-/m1/s1. The molecule has 19 heavy (non-hydrogen) atoms. The molecule has 1 fully saturated rings. The number of aryl methyl sites for hydroxylation is 1. The lowest BCUT2D eigenvalue weighted by atomic mass is 9.95. The van der Waals surface area contributed by atoms with E-state index in [1.807, 2.05) is 24.1 Å². The molecule has 0 aliphatic carbocycles. The van der Waals surface area contributed by atoms with Gasteiger partial charge in [-0.25, -0.2) is 4.98 Å². The highest BCUT2D eigenvalue weighted by atomic mass is 32.1. The molecule has 0 aromatic carbocycles. The first-order chi connectivity index (χ1) is 9.29. The molecule has 0 radical (unpaired) electrons. The summed E-state index contributed by atoms with van der Waals surface area (Å²) in [5.41, 5.74) is 1.32. The summed E-state index contributed by atoms with van der Waals surface area (Å²) in [7, 11) is 1.98. The third kappa shape index (κ3) is 3.42. The highest BCUT2D eigenvalue weighted by Crippen LogP contribution is 2.22. The average Bonchev–Trinajstić information content (AvgIpc) is 3.02. The Morgan fingerprint density at radius 1 is 1.47 bits per heavy atom. The Kier molecular flexibility index (Phi) is 3.94. The van der Waals surface area contributed by atoms with Crippen molar-refractivity contribution in [3.63, 3.8) is 0 Å². The SMILES string of the molecule is Cn1cc(CN2CCC[C@H](Cc3nccs3)C2)cn1. The molecule has 1 atom stereocenters. The molecule has 5 heteroatoms. The number of rotatable bonds is 4. The third-order valence-corrected chi connectivity index (χ3v) is 4.52. The largest absolute Gasteiger partial charge is 0.299 e. The number of nitrogens with zero attached hydrogens (tertiary/aromatic N) is 4. The second-order valence-electron chi connectivity index (χ2n) is 5.40. The van der Waals surface area contributed by atoms with Crippen molar-refractivity contribution in [1.82, 2.24) is 19.7 Å². The molecular formula is C14H20N4S. The van der Waals surface area contributed by atoms with Crippen LogP contribution in [-0.4, -0.2) is 32.8 Å². The molecule has 0 unspecified atom stereocenters. The van der Waals surface area contributed by atoms with Gasteiger partial charge in [-0.1, -0.05) is 0 Å². The lowest BCUT2D eigenvalue weighted by Gasteiger charge is -2.32. The normalized spacial score (nSPS) is 20.8. The topological polar surface area (TPSA) is 34.0 Å². The van der Waals surface area contributed by atoms with Crippen LogP contribution in [0.15, 0.2) is 24.0 Å². The fourth-order valence-corrected chi connectivity index (χ4v) is 3.61. The summed E-state index contributed by atoms with van der Waals surface area (Å²) in [6.07, 6.45) is 9.78. The summed E-state index contributed by atoms with van der Waals surface area (Å²) >= 11 is 1.78. The zero-order valence-electron chi connectivity index (χ0n) is 11.3. The Morgan fingerprint density at radius 2 is 2.42 bits per heavy atom. The van der Waals surface area contributed by atoms with E-state index in [9.17, 15) is 0 Å². The highest BCUT2D eigenvalue weighted by Gasteiger charge is 2.21. The van der Waals surface area contributed by atoms with Gasteiger partial charge in [-0.2, -0.15) is 5.10 Å². The van der Waals surface area contributed by atoms with Crippen LogP contribution in [0.1, 0.15) is 23.4 Å². The van der Waals surface area contributed by atoms with Crippen molar-refractivity contribution >= 4 is 11.3 Å². The maximum Gasteiger partial charge on any atom is 0.0928 e. The van der Waals surface area contributed by atoms with Crippen molar-refractivity contribution in [3.8, 4) is 0 Å². The van der Waals surface area contributed by atoms with Gasteiger partial charge in [0.1, 0.15) is 0 Å². The molecule has 0 bridgehead atoms. The van der Waals surface area contributed by atoms with E-state index in [0.29, 0.717) is 0 Å². The van der Waals surface area contributed by atoms with Gasteiger partial charge >= 0.3 is 0 Å². The maximum absolute atomic E-state index is 4.41. The molecule has 0 spiro atoms. The van der Waals surface area contributed by atoms with Gasteiger partial charge in [-0.3, -0.25) is 9.58 Å². The molecule has 3 rings (SSSR count). The molecule has 1 saturated heterocycles. The van der Waals surface area contributed by atoms with E-state index < -0.39 is 0 Å². The van der Waals surface area contributed by atoms with Crippen LogP contribution in [0.2, 0.25) is 0 Å². The van der Waals surface area contributed by atoms with Crippen LogP contribution in [0, 0.1) is 5.92 Å². The first-order valence-electron chi connectivity index (χ1n) is 6.88. The number of piperidine rings is 1. The molecule has 0 amide bonds. The lowest BCUT2D eigenvalue weighted by Crippen LogP contribution is -2.35. The number of aromatic nitrogens is 3. The van der Waals surface area contributed by atoms with Crippen LogP contribution in [0.4, 0.5) is 0 Å². The van der Waals surface area contributed by atoms with Crippen LogP contribution in [0.5, 0.6) is 0 Å². The fraction of sp³-hybridized carbons (Fsp3) is 0.571. The van der Waals surface area contributed by atoms with Gasteiger partial charge in [0.15, 0.2) is 0 Å². The van der Waals surface area contributed by atoms with Gasteiger partial charge in [0.25, 0.3) is 0 Å². The number of hydrogen-bond donors (Lipinski definition) is 0. The molecular weight excluding hydrogens is 256 g/mol. The zero-order valence-corrected chi connectivity index (χ0v) is 12.1. The van der Waals surface area contributed by atoms with Gasteiger partial charge in [0, 0.05) is 49.9 Å². The molecule has 1 aliphatic heterocycles. The Hall–Kier alpha value is -1.20. The van der Waals surface area contributed by atoms with Crippen molar-refractivity contribution in [2.75, 3.05) is 13.1 Å². The fourth-order valence-electron chi connectivity index (χ4n) is 2.87. The molecule has 4 nitrogen and oxygen atoms in total. The Balaban J connectivity index is 1.55. The predicted octanol–water partition coefficient (Wildman–Crippen LogP) is 2.33. The molecule has 2 aromatic rings. The summed E-state index contributed by atoms with van der Waals surface area (Å²) in [6, 6.07) is 0. The predicted molar refractivity (Wildman–Crippen MR) is 77.0 cm³/mol. The van der Waals surface area contributed by atoms with Crippen LogP contribution >= 0.6 is 11.3 Å². The van der Waals surface area contributed by atoms with Gasteiger partial charge in [0.05, 0.1) is 11.2 Å². The van der Waals surface area contributed by atoms with E-state index in [1.165, 1.54) is 36.5 Å². The maximum atomic E-state index is 4.41. The molecule has 1 aliphatic rings. The number of likely N-dealkylation sites (tertiary alicyclic amines) is 1. The third-order valence-electron chi connectivity index (χ3n) is 3.71. The van der Waals surface area contributed by atoms with E-state index >= 15 is 0 Å². The summed E-state index contributed by atoms with van der Waals surface area (Å²) in [5.74, 6) is 0.761. The van der Waals surface area contributed by atoms with Crippen LogP contribution < -0.4 is 0 Å². The van der Waals surface area contributed by atoms with Gasteiger partial charge in [-0.15, -0.1) is 11.3 Å². The second kappa shape index (κ2) is 5.84. The second-order valence-corrected chi connectivity index (χ2v) is 6.37. The van der Waals surface area contributed by atoms with Crippen molar-refractivity contribution in [2.45, 2.75) is 25.8 Å². The molecule has 102 valence electrons. The molecule has 2 aromatic heterocycles. The van der Waals surface area contributed by atoms with E-state index in [1.54, 1.807) is 11.3 Å². The number of hydrogen-bond acceptors (Lipinski definition) is 4. The van der Waals surface area contributed by atoms with Crippen molar-refractivity contribution in [2.24, 2.45) is 13.0 Å². The molecule has 0 saturated carbocycles. The average molecular weight is 276 g/mol. The summed E-state index contributed by atoms with van der Waals surface area (Å²) in [6.45, 7) is 3.43. The van der Waals surface area contributed by atoms with E-state index in [2.05, 4.69) is 26.6 Å². The van der Waals surface area contributed by atoms with Crippen LogP contribution in [-0.2, 0) is 20.0 Å². The van der Waals surface area contributed by atoms with Gasteiger partial charge in [0.2, 0.25) is 0 Å². The zero-order chi connectivity index (χ0) is 13.1. The monoisotopic (exact) mass is 276 g/mol. The van der Waals surface area contributed by atoms with Crippen LogP contribution in [0.3, 0.4) is 0 Å². The molecule has 3 heterocycles. The minimum Gasteiger partial charge on any atom is -0.299 e. The Bertz CT molecular complexity index is 505.